The van der Waals surface area contributed by atoms with E-state index in [1.54, 1.807) is 0 Å². The third-order valence-corrected chi connectivity index (χ3v) is 5.81. The molecule has 0 saturated carbocycles. The minimum Gasteiger partial charge on any atom is -0.398 e. The summed E-state index contributed by atoms with van der Waals surface area (Å²) in [5.41, 5.74) is 10.9. The predicted octanol–water partition coefficient (Wildman–Crippen LogP) is 3.66. The molecule has 0 aliphatic carbocycles. The van der Waals surface area contributed by atoms with Crippen LogP contribution in [0.2, 0.25) is 0 Å². The molecule has 1 fully saturated rings. The predicted molar refractivity (Wildman–Crippen MR) is 112 cm³/mol. The van der Waals surface area contributed by atoms with Crippen LogP contribution in [0.25, 0.3) is 0 Å². The summed E-state index contributed by atoms with van der Waals surface area (Å²) in [6.07, 6.45) is 3.13. The molecule has 27 heavy (non-hydrogen) atoms. The van der Waals surface area contributed by atoms with Crippen LogP contribution in [0.5, 0.6) is 0 Å². The summed E-state index contributed by atoms with van der Waals surface area (Å²) in [5.74, 6) is 0.131. The number of rotatable bonds is 5. The molecule has 0 radical (unpaired) electrons. The van der Waals surface area contributed by atoms with Gasteiger partial charge in [0.1, 0.15) is 0 Å². The maximum atomic E-state index is 12.9. The van der Waals surface area contributed by atoms with Crippen molar-refractivity contribution in [3.8, 4) is 0 Å². The van der Waals surface area contributed by atoms with Crippen LogP contribution in [0.15, 0.2) is 42.5 Å². The van der Waals surface area contributed by atoms with Gasteiger partial charge in [-0.25, -0.2) is 0 Å². The zero-order valence-electron chi connectivity index (χ0n) is 16.7. The number of amides is 1. The van der Waals surface area contributed by atoms with Crippen LogP contribution in [0, 0.1) is 13.8 Å². The minimum atomic E-state index is 0.131. The highest BCUT2D eigenvalue weighted by Gasteiger charge is 2.26. The summed E-state index contributed by atoms with van der Waals surface area (Å²) in [6.45, 7) is 6.63. The highest BCUT2D eigenvalue weighted by atomic mass is 16.2. The van der Waals surface area contributed by atoms with Gasteiger partial charge in [-0.05, 0) is 69.0 Å². The summed E-state index contributed by atoms with van der Waals surface area (Å²) in [5, 5.41) is 0. The van der Waals surface area contributed by atoms with Crippen molar-refractivity contribution in [2.75, 3.05) is 32.4 Å². The van der Waals surface area contributed by atoms with Gasteiger partial charge in [0.2, 0.25) is 0 Å². The molecule has 1 amide bonds. The Bertz CT molecular complexity index is 756. The van der Waals surface area contributed by atoms with Crippen molar-refractivity contribution in [2.45, 2.75) is 39.2 Å². The lowest BCUT2D eigenvalue weighted by molar-refractivity contribution is 0.0647. The molecule has 0 atom stereocenters. The average molecular weight is 366 g/mol. The number of nitrogens with zero attached hydrogens (tertiary/aromatic N) is 2. The first-order valence-corrected chi connectivity index (χ1v) is 9.86. The minimum absolute atomic E-state index is 0.131. The van der Waals surface area contributed by atoms with E-state index in [9.17, 15) is 4.79 Å². The second-order valence-electron chi connectivity index (χ2n) is 7.76. The van der Waals surface area contributed by atoms with Crippen molar-refractivity contribution in [1.29, 1.82) is 0 Å². The standard InChI is InChI=1S/C23H31N3O/c1-17-15-20(16-18(2)22(17)24)23(27)26-13-10-21(11-14-26)25(3)12-9-19-7-5-4-6-8-19/h4-8,15-16,21H,9-14,24H2,1-3H3. The summed E-state index contributed by atoms with van der Waals surface area (Å²) in [4.78, 5) is 17.3. The van der Waals surface area contributed by atoms with Gasteiger partial charge in [0.05, 0.1) is 0 Å². The van der Waals surface area contributed by atoms with Crippen LogP contribution in [0.4, 0.5) is 5.69 Å². The summed E-state index contributed by atoms with van der Waals surface area (Å²) >= 11 is 0. The molecular formula is C23H31N3O. The van der Waals surface area contributed by atoms with E-state index in [2.05, 4.69) is 42.3 Å². The van der Waals surface area contributed by atoms with E-state index < -0.39 is 0 Å². The van der Waals surface area contributed by atoms with Crippen LogP contribution >= 0.6 is 0 Å². The van der Waals surface area contributed by atoms with Gasteiger partial charge < -0.3 is 15.5 Å². The Morgan fingerprint density at radius 2 is 1.70 bits per heavy atom. The molecule has 4 heteroatoms. The van der Waals surface area contributed by atoms with E-state index in [0.717, 1.165) is 61.3 Å². The number of likely N-dealkylation sites (N-methyl/N-ethyl adjacent to an activating group) is 1. The molecule has 144 valence electrons. The Morgan fingerprint density at radius 1 is 1.11 bits per heavy atom. The number of carbonyl (C=O) groups excluding carboxylic acids is 1. The van der Waals surface area contributed by atoms with Crippen LogP contribution in [0.1, 0.15) is 39.9 Å². The van der Waals surface area contributed by atoms with Gasteiger partial charge >= 0.3 is 0 Å². The van der Waals surface area contributed by atoms with Crippen molar-refractivity contribution in [1.82, 2.24) is 9.80 Å². The first kappa shape index (κ1) is 19.4. The molecule has 0 unspecified atom stereocenters. The SMILES string of the molecule is Cc1cc(C(=O)N2CCC(N(C)CCc3ccccc3)CC2)cc(C)c1N. The molecule has 2 N–H and O–H groups in total. The number of likely N-dealkylation sites (tertiary alicyclic amines) is 1. The van der Waals surface area contributed by atoms with Crippen LogP contribution < -0.4 is 5.73 Å². The molecule has 0 spiro atoms. The molecule has 1 aliphatic rings. The number of hydrogen-bond acceptors (Lipinski definition) is 3. The van der Waals surface area contributed by atoms with Crippen LogP contribution in [0.3, 0.4) is 0 Å². The highest BCUT2D eigenvalue weighted by Crippen LogP contribution is 2.22. The third-order valence-electron chi connectivity index (χ3n) is 5.81. The molecular weight excluding hydrogens is 334 g/mol. The van der Waals surface area contributed by atoms with Crippen LogP contribution in [-0.4, -0.2) is 48.4 Å². The molecule has 4 nitrogen and oxygen atoms in total. The Hall–Kier alpha value is -2.33. The molecule has 1 heterocycles. The number of hydrogen-bond donors (Lipinski definition) is 1. The summed E-state index contributed by atoms with van der Waals surface area (Å²) in [7, 11) is 2.21. The van der Waals surface area contributed by atoms with Gasteiger partial charge in [0.15, 0.2) is 0 Å². The molecule has 2 aromatic carbocycles. The second-order valence-corrected chi connectivity index (χ2v) is 7.76. The number of benzene rings is 2. The zero-order valence-corrected chi connectivity index (χ0v) is 16.7. The van der Waals surface area contributed by atoms with Gasteiger partial charge in [0, 0.05) is 36.9 Å². The first-order chi connectivity index (χ1) is 13.0. The maximum absolute atomic E-state index is 12.9. The Kier molecular flexibility index (Phi) is 6.17. The van der Waals surface area contributed by atoms with E-state index in [4.69, 9.17) is 5.73 Å². The largest absolute Gasteiger partial charge is 0.398 e. The average Bonchev–Trinajstić information content (AvgIpc) is 2.70. The van der Waals surface area contributed by atoms with Gasteiger partial charge in [-0.1, -0.05) is 30.3 Å². The smallest absolute Gasteiger partial charge is 0.253 e. The fourth-order valence-electron chi connectivity index (χ4n) is 3.92. The van der Waals surface area contributed by atoms with Crippen molar-refractivity contribution in [2.24, 2.45) is 0 Å². The van der Waals surface area contributed by atoms with E-state index in [1.165, 1.54) is 5.56 Å². The summed E-state index contributed by atoms with van der Waals surface area (Å²) < 4.78 is 0. The number of carbonyl (C=O) groups is 1. The number of nitrogen functional groups attached to an aromatic ring is 1. The van der Waals surface area contributed by atoms with Gasteiger partial charge in [-0.2, -0.15) is 0 Å². The molecule has 0 bridgehead atoms. The zero-order chi connectivity index (χ0) is 19.4. The quantitative estimate of drug-likeness (QED) is 0.823. The molecule has 3 rings (SSSR count). The molecule has 1 saturated heterocycles. The van der Waals surface area contributed by atoms with E-state index in [1.807, 2.05) is 30.9 Å². The van der Waals surface area contributed by atoms with Crippen molar-refractivity contribution >= 4 is 11.6 Å². The molecule has 2 aromatic rings. The Morgan fingerprint density at radius 3 is 2.30 bits per heavy atom. The lowest BCUT2D eigenvalue weighted by Gasteiger charge is -2.37. The molecule has 1 aliphatic heterocycles. The Balaban J connectivity index is 1.53. The van der Waals surface area contributed by atoms with Crippen molar-refractivity contribution in [3.63, 3.8) is 0 Å². The maximum Gasteiger partial charge on any atom is 0.253 e. The fraction of sp³-hybridized carbons (Fsp3) is 0.435. The Labute approximate surface area is 163 Å². The normalized spacial score (nSPS) is 15.3. The van der Waals surface area contributed by atoms with Crippen LogP contribution in [-0.2, 0) is 6.42 Å². The van der Waals surface area contributed by atoms with E-state index >= 15 is 0 Å². The summed E-state index contributed by atoms with van der Waals surface area (Å²) in [6, 6.07) is 15.0. The number of anilines is 1. The fourth-order valence-corrected chi connectivity index (χ4v) is 3.92. The van der Waals surface area contributed by atoms with Gasteiger partial charge in [0.25, 0.3) is 5.91 Å². The van der Waals surface area contributed by atoms with E-state index in [0.29, 0.717) is 6.04 Å². The third kappa shape index (κ3) is 4.69. The second kappa shape index (κ2) is 8.57. The highest BCUT2D eigenvalue weighted by molar-refractivity contribution is 5.95. The number of piperidine rings is 1. The van der Waals surface area contributed by atoms with E-state index in [-0.39, 0.29) is 5.91 Å². The number of nitrogens with two attached hydrogens (primary N) is 1. The number of aryl methyl sites for hydroxylation is 2. The monoisotopic (exact) mass is 365 g/mol. The lowest BCUT2D eigenvalue weighted by atomic mass is 10.00. The van der Waals surface area contributed by atoms with Crippen molar-refractivity contribution in [3.05, 3.63) is 64.7 Å². The van der Waals surface area contributed by atoms with Gasteiger partial charge in [-0.15, -0.1) is 0 Å². The van der Waals surface area contributed by atoms with Crippen molar-refractivity contribution < 1.29 is 4.79 Å². The molecule has 0 aromatic heterocycles. The topological polar surface area (TPSA) is 49.6 Å². The first-order valence-electron chi connectivity index (χ1n) is 9.86. The van der Waals surface area contributed by atoms with Gasteiger partial charge in [-0.3, -0.25) is 4.79 Å². The lowest BCUT2D eigenvalue weighted by Crippen LogP contribution is -2.46.